The van der Waals surface area contributed by atoms with Crippen molar-refractivity contribution >= 4 is 17.2 Å². The lowest BCUT2D eigenvalue weighted by molar-refractivity contribution is 0.0285. The van der Waals surface area contributed by atoms with E-state index in [4.69, 9.17) is 0 Å². The molecule has 25 heavy (non-hydrogen) atoms. The van der Waals surface area contributed by atoms with E-state index in [9.17, 15) is 4.79 Å². The molecule has 0 bridgehead atoms. The number of amides is 1. The highest BCUT2D eigenvalue weighted by Gasteiger charge is 2.38. The molecule has 0 aromatic carbocycles. The molecule has 0 radical (unpaired) electrons. The van der Waals surface area contributed by atoms with Crippen molar-refractivity contribution in [3.63, 3.8) is 0 Å². The first-order valence-corrected chi connectivity index (χ1v) is 10.1. The predicted molar refractivity (Wildman–Crippen MR) is 101 cm³/mol. The molecule has 5 heteroatoms. The quantitative estimate of drug-likeness (QED) is 0.843. The van der Waals surface area contributed by atoms with Gasteiger partial charge < -0.3 is 4.90 Å². The van der Waals surface area contributed by atoms with E-state index >= 15 is 0 Å². The number of pyridine rings is 1. The fourth-order valence-corrected chi connectivity index (χ4v) is 4.84. The van der Waals surface area contributed by atoms with Crippen molar-refractivity contribution in [3.8, 4) is 0 Å². The molecule has 1 spiro atoms. The van der Waals surface area contributed by atoms with Crippen LogP contribution in [-0.4, -0.2) is 46.9 Å². The first kappa shape index (κ1) is 16.7. The number of hydrogen-bond acceptors (Lipinski definition) is 4. The summed E-state index contributed by atoms with van der Waals surface area (Å²) in [6.45, 7) is 5.08. The number of aromatic nitrogens is 1. The molecule has 0 atom stereocenters. The third-order valence-corrected chi connectivity index (χ3v) is 6.73. The van der Waals surface area contributed by atoms with Gasteiger partial charge in [-0.25, -0.2) is 0 Å². The standard InChI is InChI=1S/C20H25N3OS/c24-19(18-5-3-15-25-18)23-13-8-20(9-14-23)6-11-22(12-7-20)16-17-4-1-2-10-21-17/h1-5,10,15H,6-9,11-14,16H2. The zero-order chi connectivity index (χ0) is 17.1. The van der Waals surface area contributed by atoms with Crippen LogP contribution in [0, 0.1) is 5.41 Å². The third-order valence-electron chi connectivity index (χ3n) is 5.87. The number of likely N-dealkylation sites (tertiary alicyclic amines) is 2. The Morgan fingerprint density at radius 3 is 2.44 bits per heavy atom. The molecule has 4 rings (SSSR count). The normalized spacial score (nSPS) is 20.7. The second-order valence-electron chi connectivity index (χ2n) is 7.37. The Morgan fingerprint density at radius 1 is 1.04 bits per heavy atom. The average molecular weight is 356 g/mol. The molecule has 4 heterocycles. The van der Waals surface area contributed by atoms with Gasteiger partial charge in [-0.15, -0.1) is 11.3 Å². The third kappa shape index (κ3) is 3.77. The number of rotatable bonds is 3. The van der Waals surface area contributed by atoms with Gasteiger partial charge in [-0.1, -0.05) is 12.1 Å². The fraction of sp³-hybridized carbons (Fsp3) is 0.500. The number of piperidine rings is 2. The van der Waals surface area contributed by atoms with Crippen molar-refractivity contribution in [2.24, 2.45) is 5.41 Å². The van der Waals surface area contributed by atoms with Crippen LogP contribution in [0.1, 0.15) is 41.0 Å². The van der Waals surface area contributed by atoms with E-state index in [1.165, 1.54) is 12.8 Å². The van der Waals surface area contributed by atoms with Crippen molar-refractivity contribution < 1.29 is 4.79 Å². The molecule has 132 valence electrons. The predicted octanol–water partition coefficient (Wildman–Crippen LogP) is 3.66. The van der Waals surface area contributed by atoms with Gasteiger partial charge in [0, 0.05) is 25.8 Å². The average Bonchev–Trinajstić information content (AvgIpc) is 3.20. The van der Waals surface area contributed by atoms with E-state index in [-0.39, 0.29) is 5.91 Å². The summed E-state index contributed by atoms with van der Waals surface area (Å²) in [5, 5.41) is 1.98. The smallest absolute Gasteiger partial charge is 0.263 e. The maximum atomic E-state index is 12.5. The minimum Gasteiger partial charge on any atom is -0.338 e. The van der Waals surface area contributed by atoms with Crippen molar-refractivity contribution in [2.45, 2.75) is 32.2 Å². The van der Waals surface area contributed by atoms with Gasteiger partial charge in [0.15, 0.2) is 0 Å². The van der Waals surface area contributed by atoms with Crippen molar-refractivity contribution in [3.05, 3.63) is 52.5 Å². The molecule has 2 aromatic rings. The van der Waals surface area contributed by atoms with E-state index in [1.807, 2.05) is 29.8 Å². The summed E-state index contributed by atoms with van der Waals surface area (Å²) in [6, 6.07) is 10.0. The van der Waals surface area contributed by atoms with E-state index in [2.05, 4.69) is 26.9 Å². The van der Waals surface area contributed by atoms with E-state index < -0.39 is 0 Å². The number of carbonyl (C=O) groups excluding carboxylic acids is 1. The topological polar surface area (TPSA) is 36.4 Å². The number of nitrogens with zero attached hydrogens (tertiary/aromatic N) is 3. The van der Waals surface area contributed by atoms with Crippen LogP contribution in [0.2, 0.25) is 0 Å². The summed E-state index contributed by atoms with van der Waals surface area (Å²) in [4.78, 5) is 22.4. The van der Waals surface area contributed by atoms with Crippen LogP contribution in [0.25, 0.3) is 0 Å². The van der Waals surface area contributed by atoms with Gasteiger partial charge >= 0.3 is 0 Å². The SMILES string of the molecule is O=C(c1cccs1)N1CCC2(CCN(Cc3ccccn3)CC2)CC1. The van der Waals surface area contributed by atoms with Gasteiger partial charge in [0.2, 0.25) is 0 Å². The summed E-state index contributed by atoms with van der Waals surface area (Å²) in [5.41, 5.74) is 1.61. The molecule has 0 N–H and O–H groups in total. The molecule has 0 aliphatic carbocycles. The maximum absolute atomic E-state index is 12.5. The molecule has 0 saturated carbocycles. The highest BCUT2D eigenvalue weighted by Crippen LogP contribution is 2.41. The van der Waals surface area contributed by atoms with Gasteiger partial charge in [0.25, 0.3) is 5.91 Å². The Bertz CT molecular complexity index is 683. The van der Waals surface area contributed by atoms with Gasteiger partial charge in [-0.05, 0) is 67.8 Å². The Morgan fingerprint density at radius 2 is 1.80 bits per heavy atom. The number of carbonyl (C=O) groups is 1. The Labute approximate surface area is 153 Å². The second-order valence-corrected chi connectivity index (χ2v) is 8.31. The second kappa shape index (κ2) is 7.26. The minimum absolute atomic E-state index is 0.220. The van der Waals surface area contributed by atoms with Gasteiger partial charge in [-0.3, -0.25) is 14.7 Å². The highest BCUT2D eigenvalue weighted by atomic mass is 32.1. The first-order valence-electron chi connectivity index (χ1n) is 9.19. The molecule has 1 amide bonds. The molecular formula is C20H25N3OS. The van der Waals surface area contributed by atoms with E-state index in [0.29, 0.717) is 5.41 Å². The van der Waals surface area contributed by atoms with E-state index in [0.717, 1.165) is 56.1 Å². The molecule has 2 aliphatic heterocycles. The summed E-state index contributed by atoms with van der Waals surface area (Å²) < 4.78 is 0. The Hall–Kier alpha value is -1.72. The van der Waals surface area contributed by atoms with Crippen LogP contribution < -0.4 is 0 Å². The largest absolute Gasteiger partial charge is 0.338 e. The number of thiophene rings is 1. The van der Waals surface area contributed by atoms with Crippen LogP contribution in [-0.2, 0) is 6.54 Å². The lowest BCUT2D eigenvalue weighted by Gasteiger charge is -2.46. The van der Waals surface area contributed by atoms with Crippen molar-refractivity contribution in [1.29, 1.82) is 0 Å². The summed E-state index contributed by atoms with van der Waals surface area (Å²) in [6.07, 6.45) is 6.69. The molecular weight excluding hydrogens is 330 g/mol. The van der Waals surface area contributed by atoms with Gasteiger partial charge in [0.1, 0.15) is 0 Å². The number of hydrogen-bond donors (Lipinski definition) is 0. The van der Waals surface area contributed by atoms with Crippen LogP contribution in [0.5, 0.6) is 0 Å². The van der Waals surface area contributed by atoms with Crippen LogP contribution in [0.4, 0.5) is 0 Å². The molecule has 2 saturated heterocycles. The first-order chi connectivity index (χ1) is 12.2. The molecule has 4 nitrogen and oxygen atoms in total. The van der Waals surface area contributed by atoms with Crippen LogP contribution in [0.3, 0.4) is 0 Å². The summed E-state index contributed by atoms with van der Waals surface area (Å²) in [5.74, 6) is 0.220. The van der Waals surface area contributed by atoms with Crippen LogP contribution in [0.15, 0.2) is 41.9 Å². The lowest BCUT2D eigenvalue weighted by atomic mass is 9.71. The van der Waals surface area contributed by atoms with Crippen molar-refractivity contribution in [2.75, 3.05) is 26.2 Å². The highest BCUT2D eigenvalue weighted by molar-refractivity contribution is 7.12. The molecule has 2 aromatic heterocycles. The maximum Gasteiger partial charge on any atom is 0.263 e. The monoisotopic (exact) mass is 355 g/mol. The van der Waals surface area contributed by atoms with Crippen LogP contribution >= 0.6 is 11.3 Å². The minimum atomic E-state index is 0.220. The zero-order valence-corrected chi connectivity index (χ0v) is 15.4. The molecule has 2 fully saturated rings. The van der Waals surface area contributed by atoms with Gasteiger partial charge in [-0.2, -0.15) is 0 Å². The van der Waals surface area contributed by atoms with E-state index in [1.54, 1.807) is 11.3 Å². The molecule has 0 unspecified atom stereocenters. The summed E-state index contributed by atoms with van der Waals surface area (Å²) >= 11 is 1.55. The molecule has 2 aliphatic rings. The summed E-state index contributed by atoms with van der Waals surface area (Å²) in [7, 11) is 0. The van der Waals surface area contributed by atoms with Gasteiger partial charge in [0.05, 0.1) is 10.6 Å². The lowest BCUT2D eigenvalue weighted by Crippen LogP contribution is -2.48. The Kier molecular flexibility index (Phi) is 4.86. The van der Waals surface area contributed by atoms with Crippen molar-refractivity contribution in [1.82, 2.24) is 14.8 Å². The fourth-order valence-electron chi connectivity index (χ4n) is 4.15. The zero-order valence-electron chi connectivity index (χ0n) is 14.6. The Balaban J connectivity index is 1.29.